The van der Waals surface area contributed by atoms with Crippen molar-refractivity contribution < 1.29 is 9.90 Å². The van der Waals surface area contributed by atoms with Gasteiger partial charge in [-0.15, -0.1) is 0 Å². The molecule has 1 aromatic carbocycles. The maximum Gasteiger partial charge on any atom is 0.257 e. The molecule has 27 heavy (non-hydrogen) atoms. The fourth-order valence-electron chi connectivity index (χ4n) is 3.61. The first-order valence-electron chi connectivity index (χ1n) is 9.05. The molecule has 142 valence electrons. The lowest BCUT2D eigenvalue weighted by Crippen LogP contribution is -2.52. The quantitative estimate of drug-likeness (QED) is 0.785. The van der Waals surface area contributed by atoms with E-state index in [0.717, 1.165) is 5.69 Å². The molecular formula is C19H22N4O3S. The summed E-state index contributed by atoms with van der Waals surface area (Å²) in [6, 6.07) is 7.27. The van der Waals surface area contributed by atoms with Gasteiger partial charge in [0.2, 0.25) is 5.91 Å². The average molecular weight is 386 g/mol. The number of aromatic nitrogens is 2. The van der Waals surface area contributed by atoms with Crippen molar-refractivity contribution in [2.45, 2.75) is 18.6 Å². The predicted octanol–water partition coefficient (Wildman–Crippen LogP) is 1.33. The first kappa shape index (κ1) is 17.9. The third-order valence-corrected chi connectivity index (χ3v) is 6.31. The minimum atomic E-state index is -0.208. The number of thioether (sulfide) groups is 1. The van der Waals surface area contributed by atoms with Crippen molar-refractivity contribution in [1.29, 1.82) is 0 Å². The molecule has 0 spiro atoms. The second-order valence-corrected chi connectivity index (χ2v) is 7.94. The van der Waals surface area contributed by atoms with Gasteiger partial charge in [0, 0.05) is 50.2 Å². The molecule has 1 amide bonds. The van der Waals surface area contributed by atoms with Gasteiger partial charge in [0.15, 0.2) is 5.16 Å². The monoisotopic (exact) mass is 386 g/mol. The summed E-state index contributed by atoms with van der Waals surface area (Å²) < 4.78 is 1.63. The normalized spacial score (nSPS) is 19.7. The smallest absolute Gasteiger partial charge is 0.257 e. The number of hydrogen-bond acceptors (Lipinski definition) is 6. The summed E-state index contributed by atoms with van der Waals surface area (Å²) in [6.45, 7) is 4.73. The van der Waals surface area contributed by atoms with E-state index < -0.39 is 0 Å². The number of phenols is 1. The van der Waals surface area contributed by atoms with Crippen molar-refractivity contribution in [2.24, 2.45) is 5.92 Å². The number of para-hydroxylation sites is 2. The lowest BCUT2D eigenvalue weighted by molar-refractivity contribution is -0.135. The van der Waals surface area contributed by atoms with E-state index in [1.807, 2.05) is 17.0 Å². The summed E-state index contributed by atoms with van der Waals surface area (Å²) in [5.41, 5.74) is 1.35. The highest BCUT2D eigenvalue weighted by atomic mass is 32.2. The van der Waals surface area contributed by atoms with Gasteiger partial charge in [0.1, 0.15) is 5.75 Å². The van der Waals surface area contributed by atoms with Gasteiger partial charge in [-0.2, -0.15) is 0 Å². The Morgan fingerprint density at radius 1 is 1.22 bits per heavy atom. The topological polar surface area (TPSA) is 78.7 Å². The number of hydrogen-bond donors (Lipinski definition) is 1. The largest absolute Gasteiger partial charge is 0.506 e. The molecule has 1 saturated heterocycles. The van der Waals surface area contributed by atoms with E-state index in [4.69, 9.17) is 0 Å². The van der Waals surface area contributed by atoms with E-state index in [0.29, 0.717) is 49.2 Å². The van der Waals surface area contributed by atoms with Crippen LogP contribution in [0, 0.1) is 12.8 Å². The van der Waals surface area contributed by atoms with E-state index in [1.54, 1.807) is 29.8 Å². The molecule has 2 aromatic rings. The Kier molecular flexibility index (Phi) is 4.82. The first-order chi connectivity index (χ1) is 13.0. The van der Waals surface area contributed by atoms with Gasteiger partial charge >= 0.3 is 0 Å². The number of aryl methyl sites for hydroxylation is 1. The summed E-state index contributed by atoms with van der Waals surface area (Å²) in [4.78, 5) is 33.6. The number of rotatable bonds is 2. The highest BCUT2D eigenvalue weighted by molar-refractivity contribution is 7.99. The van der Waals surface area contributed by atoms with E-state index >= 15 is 0 Å². The molecular weight excluding hydrogens is 364 g/mol. The molecule has 0 saturated carbocycles. The molecule has 1 N–H and O–H groups in total. The number of piperazine rings is 1. The summed E-state index contributed by atoms with van der Waals surface area (Å²) in [5.74, 6) is 0.798. The summed E-state index contributed by atoms with van der Waals surface area (Å²) in [7, 11) is 0. The Labute approximate surface area is 161 Å². The van der Waals surface area contributed by atoms with E-state index in [9.17, 15) is 14.7 Å². The number of fused-ring (bicyclic) bond motifs is 1. The maximum atomic E-state index is 13.0. The fourth-order valence-corrected chi connectivity index (χ4v) is 4.65. The maximum absolute atomic E-state index is 13.0. The van der Waals surface area contributed by atoms with Gasteiger partial charge in [-0.25, -0.2) is 4.98 Å². The van der Waals surface area contributed by atoms with Crippen LogP contribution in [0.1, 0.15) is 5.56 Å². The van der Waals surface area contributed by atoms with Gasteiger partial charge in [-0.3, -0.25) is 14.2 Å². The molecule has 1 atom stereocenters. The van der Waals surface area contributed by atoms with Crippen LogP contribution in [0.4, 0.5) is 5.69 Å². The van der Waals surface area contributed by atoms with Crippen LogP contribution in [0.3, 0.4) is 0 Å². The van der Waals surface area contributed by atoms with E-state index in [-0.39, 0.29) is 23.1 Å². The molecule has 0 aliphatic carbocycles. The van der Waals surface area contributed by atoms with E-state index in [1.165, 1.54) is 11.8 Å². The third-order valence-electron chi connectivity index (χ3n) is 5.16. The lowest BCUT2D eigenvalue weighted by Gasteiger charge is -2.38. The minimum Gasteiger partial charge on any atom is -0.506 e. The van der Waals surface area contributed by atoms with Crippen LogP contribution in [0.15, 0.2) is 40.4 Å². The number of benzene rings is 1. The zero-order valence-corrected chi connectivity index (χ0v) is 16.0. The fraction of sp³-hybridized carbons (Fsp3) is 0.421. The number of aromatic hydroxyl groups is 1. The van der Waals surface area contributed by atoms with Gasteiger partial charge in [-0.1, -0.05) is 23.9 Å². The molecule has 3 heterocycles. The number of carbonyl (C=O) groups is 1. The number of carbonyl (C=O) groups excluding carboxylic acids is 1. The van der Waals surface area contributed by atoms with Crippen LogP contribution in [0.25, 0.3) is 0 Å². The minimum absolute atomic E-state index is 0.0608. The number of amides is 1. The van der Waals surface area contributed by atoms with Crippen LogP contribution in [0.2, 0.25) is 0 Å². The lowest BCUT2D eigenvalue weighted by atomic mass is 10.1. The zero-order chi connectivity index (χ0) is 19.0. The second-order valence-electron chi connectivity index (χ2n) is 6.95. The Hall–Kier alpha value is -2.48. The highest BCUT2D eigenvalue weighted by Gasteiger charge is 2.32. The van der Waals surface area contributed by atoms with Gasteiger partial charge < -0.3 is 14.9 Å². The molecule has 2 aliphatic heterocycles. The Morgan fingerprint density at radius 3 is 2.70 bits per heavy atom. The average Bonchev–Trinajstić information content (AvgIpc) is 2.71. The van der Waals surface area contributed by atoms with Crippen molar-refractivity contribution in [2.75, 3.05) is 36.8 Å². The van der Waals surface area contributed by atoms with Crippen molar-refractivity contribution in [3.63, 3.8) is 0 Å². The zero-order valence-electron chi connectivity index (χ0n) is 15.2. The van der Waals surface area contributed by atoms with Crippen molar-refractivity contribution in [3.05, 3.63) is 46.4 Å². The summed E-state index contributed by atoms with van der Waals surface area (Å²) in [6.07, 6.45) is 1.60. The third kappa shape index (κ3) is 3.41. The van der Waals surface area contributed by atoms with Crippen molar-refractivity contribution in [3.8, 4) is 5.75 Å². The number of nitrogens with zero attached hydrogens (tertiary/aromatic N) is 4. The predicted molar refractivity (Wildman–Crippen MR) is 104 cm³/mol. The molecule has 1 unspecified atom stereocenters. The summed E-state index contributed by atoms with van der Waals surface area (Å²) >= 11 is 1.47. The number of anilines is 1. The van der Waals surface area contributed by atoms with Gasteiger partial charge in [0.25, 0.3) is 5.56 Å². The molecule has 2 aliphatic rings. The Bertz CT molecular complexity index is 921. The Balaban J connectivity index is 1.42. The van der Waals surface area contributed by atoms with Crippen molar-refractivity contribution >= 4 is 23.4 Å². The molecule has 0 bridgehead atoms. The standard InChI is InChI=1S/C19H22N4O3S/c1-13-10-20-19-23(17(13)25)11-14(12-27-19)18(26)22-8-6-21(7-9-22)15-4-2-3-5-16(15)24/h2-5,10,14,24H,6-9,11-12H2,1H3. The number of phenolic OH excluding ortho intramolecular Hbond substituents is 1. The molecule has 1 aromatic heterocycles. The van der Waals surface area contributed by atoms with Gasteiger partial charge in [-0.05, 0) is 19.1 Å². The van der Waals surface area contributed by atoms with Crippen LogP contribution >= 0.6 is 11.8 Å². The van der Waals surface area contributed by atoms with Gasteiger partial charge in [0.05, 0.1) is 11.6 Å². The first-order valence-corrected chi connectivity index (χ1v) is 10.0. The van der Waals surface area contributed by atoms with Crippen LogP contribution < -0.4 is 10.5 Å². The molecule has 1 fully saturated rings. The highest BCUT2D eigenvalue weighted by Crippen LogP contribution is 2.29. The van der Waals surface area contributed by atoms with Crippen LogP contribution in [0.5, 0.6) is 5.75 Å². The SMILES string of the molecule is Cc1cnc2n(c1=O)CC(C(=O)N1CCN(c3ccccc3O)CC1)CS2. The van der Waals surface area contributed by atoms with E-state index in [2.05, 4.69) is 9.88 Å². The Morgan fingerprint density at radius 2 is 1.96 bits per heavy atom. The molecule has 7 nitrogen and oxygen atoms in total. The van der Waals surface area contributed by atoms with Crippen molar-refractivity contribution in [1.82, 2.24) is 14.5 Å². The van der Waals surface area contributed by atoms with Crippen LogP contribution in [-0.2, 0) is 11.3 Å². The molecule has 4 rings (SSSR count). The molecule has 8 heteroatoms. The summed E-state index contributed by atoms with van der Waals surface area (Å²) in [5, 5.41) is 10.7. The second kappa shape index (κ2) is 7.26. The molecule has 0 radical (unpaired) electrons. The van der Waals surface area contributed by atoms with Crippen LogP contribution in [-0.4, -0.2) is 57.4 Å².